The number of halogens is 1. The summed E-state index contributed by atoms with van der Waals surface area (Å²) >= 11 is 0. The van der Waals surface area contributed by atoms with Gasteiger partial charge in [-0.3, -0.25) is 9.59 Å². The van der Waals surface area contributed by atoms with Crippen LogP contribution in [0.25, 0.3) is 0 Å². The number of rotatable bonds is 3. The van der Waals surface area contributed by atoms with E-state index in [2.05, 4.69) is 0 Å². The Labute approximate surface area is 104 Å². The third-order valence-corrected chi connectivity index (χ3v) is 3.14. The number of alkyl halides is 1. The molecule has 0 aromatic carbocycles. The highest BCUT2D eigenvalue weighted by atomic mass is 19.1. The van der Waals surface area contributed by atoms with Crippen molar-refractivity contribution in [1.82, 2.24) is 4.90 Å². The lowest BCUT2D eigenvalue weighted by Gasteiger charge is -2.21. The first-order valence-corrected chi connectivity index (χ1v) is 5.85. The van der Waals surface area contributed by atoms with Crippen molar-refractivity contribution >= 4 is 11.8 Å². The maximum atomic E-state index is 13.3. The summed E-state index contributed by atoms with van der Waals surface area (Å²) in [5, 5.41) is 0. The highest BCUT2D eigenvalue weighted by molar-refractivity contribution is 5.98. The third-order valence-electron chi connectivity index (χ3n) is 3.14. The van der Waals surface area contributed by atoms with E-state index in [0.717, 1.165) is 0 Å². The molecule has 2 amide bonds. The summed E-state index contributed by atoms with van der Waals surface area (Å²) < 4.78 is 18.5. The summed E-state index contributed by atoms with van der Waals surface area (Å²) in [5.41, 5.74) is 5.56. The lowest BCUT2D eigenvalue weighted by atomic mass is 10.1. The first-order chi connectivity index (χ1) is 8.54. The number of aryl methyl sites for hydroxylation is 1. The van der Waals surface area contributed by atoms with E-state index < -0.39 is 24.0 Å². The zero-order chi connectivity index (χ0) is 13.3. The zero-order valence-corrected chi connectivity index (χ0v) is 10.1. The van der Waals surface area contributed by atoms with Gasteiger partial charge in [0.05, 0.1) is 18.4 Å². The van der Waals surface area contributed by atoms with Crippen molar-refractivity contribution in [3.05, 3.63) is 23.7 Å². The van der Waals surface area contributed by atoms with Crippen molar-refractivity contribution in [2.75, 3.05) is 6.54 Å². The second-order valence-corrected chi connectivity index (χ2v) is 4.32. The van der Waals surface area contributed by atoms with Gasteiger partial charge in [0, 0.05) is 12.8 Å². The molecule has 0 radical (unpaired) electrons. The second-order valence-electron chi connectivity index (χ2n) is 4.32. The Morgan fingerprint density at radius 1 is 1.61 bits per heavy atom. The number of amides is 2. The van der Waals surface area contributed by atoms with E-state index in [1.165, 1.54) is 17.2 Å². The fourth-order valence-corrected chi connectivity index (χ4v) is 2.24. The Balaban J connectivity index is 2.25. The van der Waals surface area contributed by atoms with Gasteiger partial charge < -0.3 is 15.1 Å². The number of carbonyl (C=O) groups excluding carboxylic acids is 2. The minimum atomic E-state index is -1.21. The standard InChI is InChI=1S/C12H15FN2O3/c1-2-10-8(3-4-18-10)12(17)15-6-7(13)5-9(15)11(14)16/h3-4,7,9H,2,5-6H2,1H3,(H2,14,16)/t7-,9+/m1/s1. The van der Waals surface area contributed by atoms with Gasteiger partial charge in [-0.25, -0.2) is 4.39 Å². The Bertz CT molecular complexity index is 472. The van der Waals surface area contributed by atoms with E-state index >= 15 is 0 Å². The summed E-state index contributed by atoms with van der Waals surface area (Å²) in [6, 6.07) is 0.664. The summed E-state index contributed by atoms with van der Waals surface area (Å²) in [6.45, 7) is 1.75. The molecule has 1 aromatic rings. The van der Waals surface area contributed by atoms with Crippen LogP contribution >= 0.6 is 0 Å². The predicted molar refractivity (Wildman–Crippen MR) is 61.6 cm³/mol. The van der Waals surface area contributed by atoms with E-state index in [1.54, 1.807) is 0 Å². The van der Waals surface area contributed by atoms with Crippen LogP contribution in [-0.2, 0) is 11.2 Å². The van der Waals surface area contributed by atoms with E-state index in [4.69, 9.17) is 10.2 Å². The van der Waals surface area contributed by atoms with Crippen LogP contribution in [0.3, 0.4) is 0 Å². The van der Waals surface area contributed by atoms with Crippen LogP contribution in [0.1, 0.15) is 29.5 Å². The van der Waals surface area contributed by atoms with Crippen molar-refractivity contribution in [1.29, 1.82) is 0 Å². The highest BCUT2D eigenvalue weighted by Crippen LogP contribution is 2.24. The molecule has 1 aliphatic heterocycles. The number of nitrogens with two attached hydrogens (primary N) is 1. The second kappa shape index (κ2) is 4.80. The average Bonchev–Trinajstić information content (AvgIpc) is 2.93. The normalized spacial score (nSPS) is 23.3. The summed E-state index contributed by atoms with van der Waals surface area (Å²) in [6.07, 6.45) is 0.736. The number of primary amides is 1. The van der Waals surface area contributed by atoms with Gasteiger partial charge in [-0.05, 0) is 6.07 Å². The fourth-order valence-electron chi connectivity index (χ4n) is 2.24. The van der Waals surface area contributed by atoms with Crippen LogP contribution in [0.2, 0.25) is 0 Å². The molecule has 18 heavy (non-hydrogen) atoms. The zero-order valence-electron chi connectivity index (χ0n) is 10.1. The molecule has 1 saturated heterocycles. The quantitative estimate of drug-likeness (QED) is 0.869. The third kappa shape index (κ3) is 2.10. The van der Waals surface area contributed by atoms with Crippen molar-refractivity contribution in [3.8, 4) is 0 Å². The molecule has 0 saturated carbocycles. The molecular formula is C12H15FN2O3. The van der Waals surface area contributed by atoms with Crippen molar-refractivity contribution in [2.24, 2.45) is 5.73 Å². The molecule has 1 aliphatic rings. The monoisotopic (exact) mass is 254 g/mol. The molecule has 0 unspecified atom stereocenters. The van der Waals surface area contributed by atoms with E-state index in [0.29, 0.717) is 17.7 Å². The number of likely N-dealkylation sites (tertiary alicyclic amines) is 1. The molecule has 5 nitrogen and oxygen atoms in total. The van der Waals surface area contributed by atoms with Gasteiger partial charge in [-0.1, -0.05) is 6.92 Å². The fraction of sp³-hybridized carbons (Fsp3) is 0.500. The molecule has 0 aliphatic carbocycles. The minimum absolute atomic E-state index is 0.0274. The molecule has 2 rings (SSSR count). The van der Waals surface area contributed by atoms with Crippen molar-refractivity contribution in [2.45, 2.75) is 32.0 Å². The van der Waals surface area contributed by atoms with Gasteiger partial charge in [0.2, 0.25) is 5.91 Å². The Morgan fingerprint density at radius 2 is 2.33 bits per heavy atom. The van der Waals surface area contributed by atoms with Gasteiger partial charge in [-0.2, -0.15) is 0 Å². The summed E-state index contributed by atoms with van der Waals surface area (Å²) in [7, 11) is 0. The van der Waals surface area contributed by atoms with Gasteiger partial charge in [0.1, 0.15) is 18.0 Å². The lowest BCUT2D eigenvalue weighted by Crippen LogP contribution is -2.43. The van der Waals surface area contributed by atoms with Crippen molar-refractivity contribution < 1.29 is 18.4 Å². The van der Waals surface area contributed by atoms with Gasteiger partial charge in [0.15, 0.2) is 0 Å². The number of hydrogen-bond donors (Lipinski definition) is 1. The molecule has 0 bridgehead atoms. The topological polar surface area (TPSA) is 76.5 Å². The maximum absolute atomic E-state index is 13.3. The molecular weight excluding hydrogens is 239 g/mol. The van der Waals surface area contributed by atoms with Gasteiger partial charge in [0.25, 0.3) is 5.91 Å². The molecule has 0 spiro atoms. The molecule has 98 valence electrons. The average molecular weight is 254 g/mol. The molecule has 6 heteroatoms. The van der Waals surface area contributed by atoms with Crippen LogP contribution in [0, 0.1) is 0 Å². The smallest absolute Gasteiger partial charge is 0.258 e. The Hall–Kier alpha value is -1.85. The van der Waals surface area contributed by atoms with Crippen LogP contribution in [0.5, 0.6) is 0 Å². The Morgan fingerprint density at radius 3 is 2.94 bits per heavy atom. The summed E-state index contributed by atoms with van der Waals surface area (Å²) in [5.74, 6) is -0.542. The van der Waals surface area contributed by atoms with E-state index in [1.807, 2.05) is 6.92 Å². The van der Waals surface area contributed by atoms with Crippen LogP contribution in [0.15, 0.2) is 16.7 Å². The predicted octanol–water partition coefficient (Wildman–Crippen LogP) is 0.880. The molecule has 2 N–H and O–H groups in total. The number of hydrogen-bond acceptors (Lipinski definition) is 3. The molecule has 2 atom stereocenters. The SMILES string of the molecule is CCc1occc1C(=O)N1C[C@H](F)C[C@H]1C(N)=O. The Kier molecular flexibility index (Phi) is 3.36. The number of carbonyl (C=O) groups is 2. The highest BCUT2D eigenvalue weighted by Gasteiger charge is 2.39. The van der Waals surface area contributed by atoms with Crippen LogP contribution in [-0.4, -0.2) is 35.5 Å². The molecule has 1 fully saturated rings. The van der Waals surface area contributed by atoms with Crippen LogP contribution in [0.4, 0.5) is 4.39 Å². The lowest BCUT2D eigenvalue weighted by molar-refractivity contribution is -0.121. The number of nitrogens with zero attached hydrogens (tertiary/aromatic N) is 1. The largest absolute Gasteiger partial charge is 0.469 e. The van der Waals surface area contributed by atoms with Crippen LogP contribution < -0.4 is 5.73 Å². The molecule has 2 heterocycles. The first kappa shape index (κ1) is 12.6. The minimum Gasteiger partial charge on any atom is -0.469 e. The summed E-state index contributed by atoms with van der Waals surface area (Å²) in [4.78, 5) is 24.7. The van der Waals surface area contributed by atoms with E-state index in [-0.39, 0.29) is 13.0 Å². The van der Waals surface area contributed by atoms with Gasteiger partial charge in [-0.15, -0.1) is 0 Å². The van der Waals surface area contributed by atoms with Gasteiger partial charge >= 0.3 is 0 Å². The molecule has 1 aromatic heterocycles. The number of furan rings is 1. The van der Waals surface area contributed by atoms with Crippen molar-refractivity contribution in [3.63, 3.8) is 0 Å². The maximum Gasteiger partial charge on any atom is 0.258 e. The first-order valence-electron chi connectivity index (χ1n) is 5.85. The van der Waals surface area contributed by atoms with E-state index in [9.17, 15) is 14.0 Å².